The molecular formula is C24H18O3. The van der Waals surface area contributed by atoms with E-state index < -0.39 is 0 Å². The lowest BCUT2D eigenvalue weighted by molar-refractivity contribution is 0.0969. The molecule has 0 aliphatic rings. The molecule has 0 aliphatic heterocycles. The van der Waals surface area contributed by atoms with Crippen molar-refractivity contribution in [1.29, 1.82) is 0 Å². The molecule has 0 aliphatic carbocycles. The van der Waals surface area contributed by atoms with Gasteiger partial charge in [-0.05, 0) is 53.8 Å². The third-order valence-corrected chi connectivity index (χ3v) is 5.11. The summed E-state index contributed by atoms with van der Waals surface area (Å²) in [6.45, 7) is 4.29. The van der Waals surface area contributed by atoms with Gasteiger partial charge in [-0.2, -0.15) is 0 Å². The zero-order valence-electron chi connectivity index (χ0n) is 15.4. The van der Waals surface area contributed by atoms with Crippen LogP contribution in [0.5, 0.6) is 0 Å². The summed E-state index contributed by atoms with van der Waals surface area (Å²) >= 11 is 0. The maximum Gasteiger partial charge on any atom is 0.161 e. The normalized spacial score (nSPS) is 11.2. The minimum absolute atomic E-state index is 0.214. The number of Topliss-reactive ketones (excluding diaryl/α,β-unsaturated/α-hetero) is 3. The Labute approximate surface area is 156 Å². The number of hydrogen-bond donors (Lipinski definition) is 0. The predicted octanol–water partition coefficient (Wildman–Crippen LogP) is 5.75. The lowest BCUT2D eigenvalue weighted by Gasteiger charge is -2.17. The summed E-state index contributed by atoms with van der Waals surface area (Å²) in [4.78, 5) is 37.4. The Bertz CT molecular complexity index is 1300. The second-order valence-corrected chi connectivity index (χ2v) is 6.86. The number of benzene rings is 4. The molecule has 0 radical (unpaired) electrons. The fourth-order valence-electron chi connectivity index (χ4n) is 4.06. The van der Waals surface area contributed by atoms with Crippen molar-refractivity contribution in [2.75, 3.05) is 0 Å². The first-order chi connectivity index (χ1) is 12.9. The van der Waals surface area contributed by atoms with E-state index in [1.165, 1.54) is 20.8 Å². The third-order valence-electron chi connectivity index (χ3n) is 5.11. The largest absolute Gasteiger partial charge is 0.294 e. The number of fused-ring (bicyclic) bond motifs is 6. The minimum atomic E-state index is -0.274. The van der Waals surface area contributed by atoms with Gasteiger partial charge in [0.15, 0.2) is 17.3 Å². The van der Waals surface area contributed by atoms with Crippen molar-refractivity contribution < 1.29 is 14.4 Å². The average molecular weight is 354 g/mol. The topological polar surface area (TPSA) is 51.2 Å². The Balaban J connectivity index is 2.45. The highest BCUT2D eigenvalue weighted by Gasteiger charge is 2.24. The molecule has 0 unspecified atom stereocenters. The fourth-order valence-corrected chi connectivity index (χ4v) is 4.06. The second kappa shape index (κ2) is 6.13. The van der Waals surface area contributed by atoms with Crippen LogP contribution in [0, 0.1) is 0 Å². The predicted molar refractivity (Wildman–Crippen MR) is 109 cm³/mol. The summed E-state index contributed by atoms with van der Waals surface area (Å²) in [5.41, 5.74) is 0.871. The number of hydrogen-bond acceptors (Lipinski definition) is 3. The molecule has 0 N–H and O–H groups in total. The number of carbonyl (C=O) groups excluding carboxylic acids is 3. The Morgan fingerprint density at radius 2 is 1.00 bits per heavy atom. The van der Waals surface area contributed by atoms with E-state index in [-0.39, 0.29) is 22.9 Å². The van der Waals surface area contributed by atoms with Crippen LogP contribution in [-0.4, -0.2) is 17.3 Å². The van der Waals surface area contributed by atoms with Crippen molar-refractivity contribution in [1.82, 2.24) is 0 Å². The molecule has 0 bridgehead atoms. The summed E-state index contributed by atoms with van der Waals surface area (Å²) in [6.07, 6.45) is 0. The molecular weight excluding hydrogens is 336 g/mol. The van der Waals surface area contributed by atoms with E-state index in [4.69, 9.17) is 0 Å². The van der Waals surface area contributed by atoms with Gasteiger partial charge in [0.1, 0.15) is 0 Å². The Hall–Kier alpha value is -3.33. The van der Waals surface area contributed by atoms with E-state index in [1.54, 1.807) is 6.07 Å². The van der Waals surface area contributed by atoms with Crippen molar-refractivity contribution in [3.8, 4) is 0 Å². The van der Waals surface area contributed by atoms with Gasteiger partial charge in [0.25, 0.3) is 0 Å². The van der Waals surface area contributed by atoms with Crippen molar-refractivity contribution >= 4 is 49.7 Å². The van der Waals surface area contributed by atoms with Crippen LogP contribution < -0.4 is 0 Å². The summed E-state index contributed by atoms with van der Waals surface area (Å²) in [7, 11) is 0. The zero-order valence-corrected chi connectivity index (χ0v) is 15.4. The first-order valence-electron chi connectivity index (χ1n) is 8.84. The van der Waals surface area contributed by atoms with E-state index in [2.05, 4.69) is 0 Å². The first-order valence-corrected chi connectivity index (χ1v) is 8.84. The van der Waals surface area contributed by atoms with Gasteiger partial charge in [0, 0.05) is 22.1 Å². The summed E-state index contributed by atoms with van der Waals surface area (Å²) in [5.74, 6) is -0.708. The highest BCUT2D eigenvalue weighted by molar-refractivity contribution is 6.32. The molecule has 132 valence electrons. The molecule has 0 fully saturated rings. The molecule has 4 aromatic carbocycles. The van der Waals surface area contributed by atoms with Crippen molar-refractivity contribution in [2.45, 2.75) is 20.8 Å². The molecule has 0 amide bonds. The zero-order chi connectivity index (χ0) is 19.3. The van der Waals surface area contributed by atoms with Crippen LogP contribution in [0.15, 0.2) is 54.6 Å². The Kier molecular flexibility index (Phi) is 3.88. The summed E-state index contributed by atoms with van der Waals surface area (Å²) in [5, 5.41) is 5.52. The molecule has 27 heavy (non-hydrogen) atoms. The molecule has 0 saturated carbocycles. The number of rotatable bonds is 3. The van der Waals surface area contributed by atoms with E-state index in [9.17, 15) is 14.4 Å². The highest BCUT2D eigenvalue weighted by atomic mass is 16.1. The molecule has 3 nitrogen and oxygen atoms in total. The quantitative estimate of drug-likeness (QED) is 0.347. The van der Waals surface area contributed by atoms with E-state index in [0.29, 0.717) is 11.1 Å². The maximum absolute atomic E-state index is 12.7. The van der Waals surface area contributed by atoms with Gasteiger partial charge in [0.2, 0.25) is 0 Å². The minimum Gasteiger partial charge on any atom is -0.294 e. The van der Waals surface area contributed by atoms with Crippen molar-refractivity contribution in [2.24, 2.45) is 0 Å². The van der Waals surface area contributed by atoms with Crippen LogP contribution in [0.3, 0.4) is 0 Å². The Morgan fingerprint density at radius 3 is 1.48 bits per heavy atom. The molecule has 3 heteroatoms. The molecule has 0 atom stereocenters. The van der Waals surface area contributed by atoms with Gasteiger partial charge in [0.05, 0.1) is 0 Å². The van der Waals surface area contributed by atoms with Gasteiger partial charge < -0.3 is 0 Å². The second-order valence-electron chi connectivity index (χ2n) is 6.86. The van der Waals surface area contributed by atoms with Crippen LogP contribution in [-0.2, 0) is 0 Å². The van der Waals surface area contributed by atoms with Crippen molar-refractivity contribution in [3.05, 3.63) is 71.3 Å². The van der Waals surface area contributed by atoms with Gasteiger partial charge in [-0.15, -0.1) is 0 Å². The molecule has 0 spiro atoms. The average Bonchev–Trinajstić information content (AvgIpc) is 2.66. The molecule has 0 saturated heterocycles. The van der Waals surface area contributed by atoms with E-state index >= 15 is 0 Å². The van der Waals surface area contributed by atoms with Crippen LogP contribution in [0.2, 0.25) is 0 Å². The van der Waals surface area contributed by atoms with Crippen LogP contribution >= 0.6 is 0 Å². The van der Waals surface area contributed by atoms with Crippen molar-refractivity contribution in [3.63, 3.8) is 0 Å². The van der Waals surface area contributed by atoms with Crippen LogP contribution in [0.4, 0.5) is 0 Å². The van der Waals surface area contributed by atoms with E-state index in [1.807, 2.05) is 48.5 Å². The standard InChI is InChI=1S/C24H18O3/c1-13(25)20-12-21-18-10-5-4-8-16(18)17-9-6-7-11-19(17)24(21)23(15(3)27)22(20)14(2)26/h4-12H,1-3H3. The molecule has 4 aromatic rings. The lowest BCUT2D eigenvalue weighted by atomic mass is 9.84. The van der Waals surface area contributed by atoms with Gasteiger partial charge in [-0.25, -0.2) is 0 Å². The van der Waals surface area contributed by atoms with Gasteiger partial charge in [-0.1, -0.05) is 48.5 Å². The lowest BCUT2D eigenvalue weighted by Crippen LogP contribution is -2.12. The summed E-state index contributed by atoms with van der Waals surface area (Å²) in [6, 6.07) is 17.6. The number of ketones is 3. The smallest absolute Gasteiger partial charge is 0.161 e. The van der Waals surface area contributed by atoms with Gasteiger partial charge in [-0.3, -0.25) is 14.4 Å². The molecule has 0 aromatic heterocycles. The third kappa shape index (κ3) is 2.47. The fraction of sp³-hybridized carbons (Fsp3) is 0.125. The van der Waals surface area contributed by atoms with Gasteiger partial charge >= 0.3 is 0 Å². The maximum atomic E-state index is 12.7. The number of carbonyl (C=O) groups is 3. The van der Waals surface area contributed by atoms with Crippen LogP contribution in [0.1, 0.15) is 51.8 Å². The molecule has 0 heterocycles. The monoisotopic (exact) mass is 354 g/mol. The highest BCUT2D eigenvalue weighted by Crippen LogP contribution is 2.39. The first kappa shape index (κ1) is 17.1. The Morgan fingerprint density at radius 1 is 0.556 bits per heavy atom. The molecule has 4 rings (SSSR count). The SMILES string of the molecule is CC(=O)c1cc2c3ccccc3c3ccccc3c2c(C(C)=O)c1C(C)=O. The van der Waals surface area contributed by atoms with Crippen LogP contribution in [0.25, 0.3) is 32.3 Å². The summed E-state index contributed by atoms with van der Waals surface area (Å²) < 4.78 is 0. The van der Waals surface area contributed by atoms with E-state index in [0.717, 1.165) is 32.3 Å².